The molecular formula is C12H11BrClN3O. The smallest absolute Gasteiger partial charge is 0.285 e. The Balaban J connectivity index is 1.99. The lowest BCUT2D eigenvalue weighted by molar-refractivity contribution is 0.967. The largest absolute Gasteiger partial charge is 0.382 e. The molecule has 0 atom stereocenters. The highest BCUT2D eigenvalue weighted by Crippen LogP contribution is 2.18. The summed E-state index contributed by atoms with van der Waals surface area (Å²) in [5, 5.41) is 9.20. The third kappa shape index (κ3) is 3.11. The molecule has 1 aromatic heterocycles. The molecule has 0 bridgehead atoms. The van der Waals surface area contributed by atoms with Crippen LogP contribution < -0.4 is 10.9 Å². The fraction of sp³-hybridized carbons (Fsp3) is 0.167. The summed E-state index contributed by atoms with van der Waals surface area (Å²) in [6.07, 6.45) is 2.33. The van der Waals surface area contributed by atoms with Gasteiger partial charge < -0.3 is 5.32 Å². The van der Waals surface area contributed by atoms with Gasteiger partial charge in [0.1, 0.15) is 5.02 Å². The van der Waals surface area contributed by atoms with Crippen LogP contribution in [0, 0.1) is 0 Å². The van der Waals surface area contributed by atoms with Crippen LogP contribution in [-0.4, -0.2) is 16.7 Å². The predicted molar refractivity (Wildman–Crippen MR) is 76.2 cm³/mol. The first-order valence-electron chi connectivity index (χ1n) is 5.39. The van der Waals surface area contributed by atoms with E-state index in [4.69, 9.17) is 11.6 Å². The van der Waals surface area contributed by atoms with E-state index >= 15 is 0 Å². The minimum absolute atomic E-state index is 0.136. The zero-order valence-electron chi connectivity index (χ0n) is 9.41. The van der Waals surface area contributed by atoms with Crippen LogP contribution in [0.1, 0.15) is 5.56 Å². The summed E-state index contributed by atoms with van der Waals surface area (Å²) in [6.45, 7) is 0.674. The van der Waals surface area contributed by atoms with Crippen LogP contribution in [0.25, 0.3) is 0 Å². The summed E-state index contributed by atoms with van der Waals surface area (Å²) < 4.78 is 1.07. The predicted octanol–water partition coefficient (Wildman–Crippen LogP) is 2.84. The fourth-order valence-corrected chi connectivity index (χ4v) is 2.18. The standard InChI is InChI=1S/C12H11BrClN3O/c13-9-4-2-1-3-8(9)5-6-15-10-7-16-17-12(18)11(10)14/h1-4,7H,5-6H2,(H2,15,17,18). The Bertz CT molecular complexity index is 600. The summed E-state index contributed by atoms with van der Waals surface area (Å²) in [5.74, 6) is 0. The number of nitrogens with zero attached hydrogens (tertiary/aromatic N) is 1. The molecular weight excluding hydrogens is 318 g/mol. The lowest BCUT2D eigenvalue weighted by Gasteiger charge is -2.08. The summed E-state index contributed by atoms with van der Waals surface area (Å²) in [5.41, 5.74) is 1.36. The second-order valence-electron chi connectivity index (χ2n) is 3.69. The van der Waals surface area contributed by atoms with Gasteiger partial charge >= 0.3 is 0 Å². The molecule has 4 nitrogen and oxygen atoms in total. The third-order valence-electron chi connectivity index (χ3n) is 2.46. The number of H-pyrrole nitrogens is 1. The van der Waals surface area contributed by atoms with Crippen molar-refractivity contribution in [3.05, 3.63) is 55.9 Å². The number of aromatic amines is 1. The summed E-state index contributed by atoms with van der Waals surface area (Å²) in [4.78, 5) is 11.2. The molecule has 0 spiro atoms. The molecule has 0 saturated heterocycles. The Hall–Kier alpha value is -1.33. The monoisotopic (exact) mass is 327 g/mol. The molecule has 2 rings (SSSR count). The number of benzene rings is 1. The molecule has 6 heteroatoms. The van der Waals surface area contributed by atoms with Gasteiger partial charge in [0.25, 0.3) is 5.56 Å². The van der Waals surface area contributed by atoms with Gasteiger partial charge in [0.2, 0.25) is 0 Å². The lowest BCUT2D eigenvalue weighted by Crippen LogP contribution is -2.13. The fourth-order valence-electron chi connectivity index (χ4n) is 1.54. The second kappa shape index (κ2) is 6.02. The van der Waals surface area contributed by atoms with Crippen molar-refractivity contribution in [1.29, 1.82) is 0 Å². The van der Waals surface area contributed by atoms with E-state index in [0.29, 0.717) is 12.2 Å². The average molecular weight is 329 g/mol. The molecule has 0 saturated carbocycles. The van der Waals surface area contributed by atoms with Crippen molar-refractivity contribution in [3.63, 3.8) is 0 Å². The Morgan fingerprint density at radius 3 is 2.94 bits per heavy atom. The van der Waals surface area contributed by atoms with Gasteiger partial charge in [-0.2, -0.15) is 5.10 Å². The molecule has 0 unspecified atom stereocenters. The molecule has 18 heavy (non-hydrogen) atoms. The number of hydrogen-bond acceptors (Lipinski definition) is 3. The van der Waals surface area contributed by atoms with Crippen molar-refractivity contribution in [1.82, 2.24) is 10.2 Å². The SMILES string of the molecule is O=c1[nH]ncc(NCCc2ccccc2Br)c1Cl. The normalized spacial score (nSPS) is 10.3. The molecule has 2 aromatic rings. The van der Waals surface area contributed by atoms with Crippen molar-refractivity contribution in [2.75, 3.05) is 11.9 Å². The second-order valence-corrected chi connectivity index (χ2v) is 4.93. The van der Waals surface area contributed by atoms with E-state index in [9.17, 15) is 4.79 Å². The topological polar surface area (TPSA) is 57.8 Å². The molecule has 0 aliphatic heterocycles. The number of halogens is 2. The van der Waals surface area contributed by atoms with Gasteiger partial charge in [-0.1, -0.05) is 45.7 Å². The van der Waals surface area contributed by atoms with Crippen LogP contribution in [0.4, 0.5) is 5.69 Å². The molecule has 2 N–H and O–H groups in total. The first-order valence-corrected chi connectivity index (χ1v) is 6.56. The number of rotatable bonds is 4. The van der Waals surface area contributed by atoms with Gasteiger partial charge in [-0.25, -0.2) is 5.10 Å². The van der Waals surface area contributed by atoms with E-state index < -0.39 is 0 Å². The molecule has 0 fully saturated rings. The van der Waals surface area contributed by atoms with E-state index in [0.717, 1.165) is 10.9 Å². The van der Waals surface area contributed by atoms with Crippen molar-refractivity contribution in [3.8, 4) is 0 Å². The zero-order chi connectivity index (χ0) is 13.0. The van der Waals surface area contributed by atoms with Crippen molar-refractivity contribution in [2.45, 2.75) is 6.42 Å². The van der Waals surface area contributed by atoms with Gasteiger partial charge in [-0.3, -0.25) is 4.79 Å². The van der Waals surface area contributed by atoms with E-state index in [1.54, 1.807) is 0 Å². The van der Waals surface area contributed by atoms with Crippen molar-refractivity contribution >= 4 is 33.2 Å². The van der Waals surface area contributed by atoms with E-state index in [2.05, 4.69) is 31.4 Å². The van der Waals surface area contributed by atoms with E-state index in [-0.39, 0.29) is 10.6 Å². The van der Waals surface area contributed by atoms with Crippen molar-refractivity contribution < 1.29 is 0 Å². The van der Waals surface area contributed by atoms with Crippen molar-refractivity contribution in [2.24, 2.45) is 0 Å². The Labute approximate surface area is 118 Å². The number of hydrogen-bond donors (Lipinski definition) is 2. The van der Waals surface area contributed by atoms with Crippen LogP contribution in [0.3, 0.4) is 0 Å². The van der Waals surface area contributed by atoms with Gasteiger partial charge in [-0.05, 0) is 18.1 Å². The molecule has 0 amide bonds. The minimum Gasteiger partial charge on any atom is -0.382 e. The molecule has 94 valence electrons. The minimum atomic E-state index is -0.387. The molecule has 1 aromatic carbocycles. The van der Waals surface area contributed by atoms with Gasteiger partial charge in [0.15, 0.2) is 0 Å². The summed E-state index contributed by atoms with van der Waals surface area (Å²) in [6, 6.07) is 8.00. The summed E-state index contributed by atoms with van der Waals surface area (Å²) >= 11 is 9.34. The highest BCUT2D eigenvalue weighted by molar-refractivity contribution is 9.10. The molecule has 0 aliphatic carbocycles. The average Bonchev–Trinajstić information content (AvgIpc) is 2.37. The van der Waals surface area contributed by atoms with Crippen LogP contribution in [0.2, 0.25) is 5.02 Å². The van der Waals surface area contributed by atoms with Gasteiger partial charge in [-0.15, -0.1) is 0 Å². The maximum absolute atomic E-state index is 11.2. The first kappa shape index (κ1) is 13.1. The zero-order valence-corrected chi connectivity index (χ0v) is 11.8. The van der Waals surface area contributed by atoms with Crippen LogP contribution in [0.5, 0.6) is 0 Å². The Morgan fingerprint density at radius 2 is 2.17 bits per heavy atom. The first-order chi connectivity index (χ1) is 8.68. The van der Waals surface area contributed by atoms with Gasteiger partial charge in [0, 0.05) is 11.0 Å². The third-order valence-corrected chi connectivity index (χ3v) is 3.61. The van der Waals surface area contributed by atoms with Crippen LogP contribution >= 0.6 is 27.5 Å². The molecule has 0 aliphatic rings. The maximum atomic E-state index is 11.2. The highest BCUT2D eigenvalue weighted by atomic mass is 79.9. The quantitative estimate of drug-likeness (QED) is 0.907. The number of anilines is 1. The van der Waals surface area contributed by atoms with Crippen LogP contribution in [0.15, 0.2) is 39.7 Å². The van der Waals surface area contributed by atoms with Crippen LogP contribution in [-0.2, 0) is 6.42 Å². The molecule has 0 radical (unpaired) electrons. The molecule has 1 heterocycles. The Morgan fingerprint density at radius 1 is 1.39 bits per heavy atom. The maximum Gasteiger partial charge on any atom is 0.285 e. The number of aromatic nitrogens is 2. The van der Waals surface area contributed by atoms with E-state index in [1.807, 2.05) is 24.3 Å². The van der Waals surface area contributed by atoms with E-state index in [1.165, 1.54) is 11.8 Å². The Kier molecular flexibility index (Phi) is 4.38. The van der Waals surface area contributed by atoms with Gasteiger partial charge in [0.05, 0.1) is 11.9 Å². The lowest BCUT2D eigenvalue weighted by atomic mass is 10.1. The summed E-state index contributed by atoms with van der Waals surface area (Å²) in [7, 11) is 0. The highest BCUT2D eigenvalue weighted by Gasteiger charge is 2.04. The number of nitrogens with one attached hydrogen (secondary N) is 2.